The fourth-order valence-corrected chi connectivity index (χ4v) is 3.13. The summed E-state index contributed by atoms with van der Waals surface area (Å²) in [4.78, 5) is 0. The third kappa shape index (κ3) is 3.51. The molecule has 0 heterocycles. The van der Waals surface area contributed by atoms with E-state index in [0.717, 1.165) is 31.2 Å². The quantitative estimate of drug-likeness (QED) is 0.528. The Balaban J connectivity index is 1.85. The molecule has 2 rings (SSSR count). The Bertz CT molecular complexity index is 436. The van der Waals surface area contributed by atoms with Gasteiger partial charge in [-0.2, -0.15) is 0 Å². The molecule has 3 unspecified atom stereocenters. The summed E-state index contributed by atoms with van der Waals surface area (Å²) < 4.78 is 5.10. The van der Waals surface area contributed by atoms with Gasteiger partial charge in [0, 0.05) is 24.1 Å². The second kappa shape index (κ2) is 7.07. The molecule has 0 aliphatic heterocycles. The second-order valence-electron chi connectivity index (χ2n) is 5.52. The first-order valence-electron chi connectivity index (χ1n) is 7.49. The predicted molar refractivity (Wildman–Crippen MR) is 78.6 cm³/mol. The van der Waals surface area contributed by atoms with Gasteiger partial charge in [-0.15, -0.1) is 0 Å². The largest absolute Gasteiger partial charge is 0.508 e. The zero-order chi connectivity index (χ0) is 14.5. The van der Waals surface area contributed by atoms with Crippen LogP contribution in [0.1, 0.15) is 49.7 Å². The van der Waals surface area contributed by atoms with Gasteiger partial charge in [-0.25, -0.2) is 0 Å². The lowest BCUT2D eigenvalue weighted by Crippen LogP contribution is -2.25. The highest BCUT2D eigenvalue weighted by atomic mass is 16.6. The van der Waals surface area contributed by atoms with Crippen LogP contribution in [0.4, 0.5) is 0 Å². The Hall–Kier alpha value is -1.10. The minimum atomic E-state index is -0.655. The fraction of sp³-hybridized carbons (Fsp3) is 0.625. The molecule has 4 nitrogen and oxygen atoms in total. The lowest BCUT2D eigenvalue weighted by molar-refractivity contribution is -0.0994. The van der Waals surface area contributed by atoms with Crippen molar-refractivity contribution in [3.8, 4) is 5.75 Å². The monoisotopic (exact) mass is 279 g/mol. The van der Waals surface area contributed by atoms with Crippen molar-refractivity contribution in [1.82, 2.24) is 0 Å². The van der Waals surface area contributed by atoms with Gasteiger partial charge in [-0.05, 0) is 44.2 Å². The topological polar surface area (TPSA) is 75.7 Å². The van der Waals surface area contributed by atoms with E-state index in [4.69, 9.17) is 10.5 Å². The van der Waals surface area contributed by atoms with Crippen LogP contribution < -0.4 is 5.73 Å². The van der Waals surface area contributed by atoms with Crippen molar-refractivity contribution in [3.05, 3.63) is 29.3 Å². The molecule has 0 aromatic heterocycles. The van der Waals surface area contributed by atoms with Gasteiger partial charge in [0.05, 0.1) is 0 Å². The van der Waals surface area contributed by atoms with Gasteiger partial charge in [0.15, 0.2) is 6.29 Å². The zero-order valence-electron chi connectivity index (χ0n) is 12.1. The number of unbranched alkanes of at least 4 members (excludes halogenated alkanes) is 1. The van der Waals surface area contributed by atoms with Crippen molar-refractivity contribution in [3.63, 3.8) is 0 Å². The number of rotatable bonds is 7. The van der Waals surface area contributed by atoms with E-state index in [0.29, 0.717) is 18.8 Å². The summed E-state index contributed by atoms with van der Waals surface area (Å²) in [5.41, 5.74) is 8.41. The van der Waals surface area contributed by atoms with Crippen LogP contribution in [0.15, 0.2) is 18.2 Å². The molecule has 1 aromatic carbocycles. The lowest BCUT2D eigenvalue weighted by atomic mass is 9.92. The van der Waals surface area contributed by atoms with Crippen LogP contribution in [-0.4, -0.2) is 29.2 Å². The van der Waals surface area contributed by atoms with Gasteiger partial charge < -0.3 is 20.7 Å². The molecule has 0 amide bonds. The number of hydrogen-bond acceptors (Lipinski definition) is 4. The number of phenolic OH excluding ortho intramolecular Hbond substituents is 1. The van der Waals surface area contributed by atoms with Crippen molar-refractivity contribution < 1.29 is 14.9 Å². The summed E-state index contributed by atoms with van der Waals surface area (Å²) in [6.07, 6.45) is 3.69. The molecule has 0 saturated heterocycles. The summed E-state index contributed by atoms with van der Waals surface area (Å²) in [6.45, 7) is 2.41. The molecular weight excluding hydrogens is 254 g/mol. The summed E-state index contributed by atoms with van der Waals surface area (Å²) in [6, 6.07) is 5.76. The SMILES string of the molecule is CCOC(O)CCCCC1c2c(O)cccc2CC1N. The summed E-state index contributed by atoms with van der Waals surface area (Å²) in [5, 5.41) is 19.5. The minimum Gasteiger partial charge on any atom is -0.508 e. The molecule has 20 heavy (non-hydrogen) atoms. The number of phenols is 1. The van der Waals surface area contributed by atoms with Crippen LogP contribution in [0.25, 0.3) is 0 Å². The first-order chi connectivity index (χ1) is 9.63. The number of aliphatic hydroxyl groups excluding tert-OH is 1. The van der Waals surface area contributed by atoms with Gasteiger partial charge in [-0.1, -0.05) is 18.6 Å². The predicted octanol–water partition coefficient (Wildman–Crippen LogP) is 2.27. The van der Waals surface area contributed by atoms with Crippen molar-refractivity contribution in [2.24, 2.45) is 5.73 Å². The van der Waals surface area contributed by atoms with Crippen molar-refractivity contribution in [1.29, 1.82) is 0 Å². The van der Waals surface area contributed by atoms with Gasteiger partial charge in [0.25, 0.3) is 0 Å². The van der Waals surface area contributed by atoms with E-state index in [9.17, 15) is 10.2 Å². The maximum absolute atomic E-state index is 10.0. The summed E-state index contributed by atoms with van der Waals surface area (Å²) in [5.74, 6) is 0.602. The number of aliphatic hydroxyl groups is 1. The molecule has 1 aliphatic carbocycles. The van der Waals surface area contributed by atoms with Crippen LogP contribution in [0.2, 0.25) is 0 Å². The van der Waals surface area contributed by atoms with Gasteiger partial charge >= 0.3 is 0 Å². The fourth-order valence-electron chi connectivity index (χ4n) is 3.13. The number of fused-ring (bicyclic) bond motifs is 1. The Morgan fingerprint density at radius 2 is 2.20 bits per heavy atom. The zero-order valence-corrected chi connectivity index (χ0v) is 12.1. The van der Waals surface area contributed by atoms with Gasteiger partial charge in [-0.3, -0.25) is 0 Å². The van der Waals surface area contributed by atoms with E-state index in [-0.39, 0.29) is 12.0 Å². The smallest absolute Gasteiger partial charge is 0.154 e. The first-order valence-corrected chi connectivity index (χ1v) is 7.49. The summed E-state index contributed by atoms with van der Waals surface area (Å²) in [7, 11) is 0. The third-order valence-corrected chi connectivity index (χ3v) is 4.09. The van der Waals surface area contributed by atoms with E-state index >= 15 is 0 Å². The first kappa shape index (κ1) is 15.3. The molecule has 3 atom stereocenters. The van der Waals surface area contributed by atoms with Gasteiger partial charge in [0.1, 0.15) is 5.75 Å². The van der Waals surface area contributed by atoms with E-state index in [1.165, 1.54) is 5.56 Å². The lowest BCUT2D eigenvalue weighted by Gasteiger charge is -2.18. The van der Waals surface area contributed by atoms with Crippen molar-refractivity contribution >= 4 is 0 Å². The Morgan fingerprint density at radius 1 is 1.40 bits per heavy atom. The normalized spacial score (nSPS) is 22.8. The number of hydrogen-bond donors (Lipinski definition) is 3. The Kier molecular flexibility index (Phi) is 5.40. The van der Waals surface area contributed by atoms with Crippen LogP contribution in [0, 0.1) is 0 Å². The van der Waals surface area contributed by atoms with Crippen molar-refractivity contribution in [2.75, 3.05) is 6.61 Å². The average molecular weight is 279 g/mol. The van der Waals surface area contributed by atoms with Crippen LogP contribution in [0.3, 0.4) is 0 Å². The number of nitrogens with two attached hydrogens (primary N) is 1. The maximum Gasteiger partial charge on any atom is 0.154 e. The van der Waals surface area contributed by atoms with E-state index in [1.807, 2.05) is 19.1 Å². The average Bonchev–Trinajstić information content (AvgIpc) is 2.72. The molecule has 0 spiro atoms. The standard InChI is InChI=1S/C16H25NO3/c1-2-20-15(19)9-4-3-7-12-13(17)10-11-6-5-8-14(18)16(11)12/h5-6,8,12-13,15,18-19H,2-4,7,9-10,17H2,1H3. The van der Waals surface area contributed by atoms with E-state index < -0.39 is 6.29 Å². The molecule has 4 N–H and O–H groups in total. The van der Waals surface area contributed by atoms with Crippen LogP contribution >= 0.6 is 0 Å². The molecular formula is C16H25NO3. The van der Waals surface area contributed by atoms with Gasteiger partial charge in [0.2, 0.25) is 0 Å². The van der Waals surface area contributed by atoms with E-state index in [1.54, 1.807) is 6.07 Å². The number of aromatic hydroxyl groups is 1. The second-order valence-corrected chi connectivity index (χ2v) is 5.52. The minimum absolute atomic E-state index is 0.0927. The Labute approximate surface area is 120 Å². The maximum atomic E-state index is 10.0. The molecule has 1 aromatic rings. The molecule has 0 saturated carbocycles. The highest BCUT2D eigenvalue weighted by Gasteiger charge is 2.31. The molecule has 1 aliphatic rings. The Morgan fingerprint density at radius 3 is 2.95 bits per heavy atom. The van der Waals surface area contributed by atoms with Crippen LogP contribution in [0.5, 0.6) is 5.75 Å². The molecule has 112 valence electrons. The van der Waals surface area contributed by atoms with Crippen LogP contribution in [-0.2, 0) is 11.2 Å². The highest BCUT2D eigenvalue weighted by molar-refractivity contribution is 5.46. The third-order valence-electron chi connectivity index (χ3n) is 4.09. The highest BCUT2D eigenvalue weighted by Crippen LogP contribution is 2.41. The van der Waals surface area contributed by atoms with Crippen molar-refractivity contribution in [2.45, 2.75) is 57.3 Å². The summed E-state index contributed by atoms with van der Waals surface area (Å²) >= 11 is 0. The molecule has 0 bridgehead atoms. The number of benzene rings is 1. The molecule has 4 heteroatoms. The van der Waals surface area contributed by atoms with E-state index in [2.05, 4.69) is 0 Å². The molecule has 0 radical (unpaired) electrons. The molecule has 0 fully saturated rings. The number of ether oxygens (including phenoxy) is 1.